The predicted molar refractivity (Wildman–Crippen MR) is 145 cm³/mol. The Balaban J connectivity index is 1.49. The molecule has 4 aromatic rings. The summed E-state index contributed by atoms with van der Waals surface area (Å²) in [5.74, 6) is -2.13. The van der Waals surface area contributed by atoms with E-state index in [1.807, 2.05) is 0 Å². The standard InChI is InChI=1S/C30H23ClN2O8/c31-23-16-17-33(30(37)32-23)26-25(41-29(36)21-14-8-3-9-15-21)24(40-28(35)20-12-6-2-7-13-20)22(39-26)18-38-27(34)19-10-4-1-5-11-19/h1-17,22,24-26H,18H2/t22-,24?,25+,26-/m1/s1. The number of nitrogens with zero attached hydrogens (tertiary/aromatic N) is 2. The molecule has 1 fully saturated rings. The van der Waals surface area contributed by atoms with Gasteiger partial charge >= 0.3 is 23.6 Å². The highest BCUT2D eigenvalue weighted by molar-refractivity contribution is 6.29. The van der Waals surface area contributed by atoms with Crippen LogP contribution in [0.1, 0.15) is 37.3 Å². The second-order valence-electron chi connectivity index (χ2n) is 8.94. The van der Waals surface area contributed by atoms with Crippen LogP contribution in [0.15, 0.2) is 108 Å². The van der Waals surface area contributed by atoms with Gasteiger partial charge in [-0.3, -0.25) is 4.57 Å². The highest BCUT2D eigenvalue weighted by Gasteiger charge is 2.51. The van der Waals surface area contributed by atoms with Crippen molar-refractivity contribution in [3.63, 3.8) is 0 Å². The second-order valence-corrected chi connectivity index (χ2v) is 9.33. The lowest BCUT2D eigenvalue weighted by Crippen LogP contribution is -2.42. The molecular weight excluding hydrogens is 552 g/mol. The Morgan fingerprint density at radius 2 is 1.22 bits per heavy atom. The van der Waals surface area contributed by atoms with Gasteiger partial charge in [0.05, 0.1) is 16.7 Å². The average Bonchev–Trinajstić information content (AvgIpc) is 3.33. The number of halogens is 1. The third kappa shape index (κ3) is 6.51. The fraction of sp³-hybridized carbons (Fsp3) is 0.167. The molecular formula is C30H23ClN2O8. The SMILES string of the molecule is O=C(OC[C@H]1O[C@@H](n2ccc(Cl)nc2=O)[C@@H](OC(=O)c2ccccc2)C1OC(=O)c1ccccc1)c1ccccc1. The van der Waals surface area contributed by atoms with Crippen LogP contribution < -0.4 is 5.69 Å². The Morgan fingerprint density at radius 3 is 1.73 bits per heavy atom. The molecule has 1 unspecified atom stereocenters. The number of esters is 3. The third-order valence-electron chi connectivity index (χ3n) is 6.25. The van der Waals surface area contributed by atoms with E-state index < -0.39 is 48.1 Å². The Bertz CT molecular complexity index is 1580. The van der Waals surface area contributed by atoms with Gasteiger partial charge in [0.2, 0.25) is 0 Å². The zero-order chi connectivity index (χ0) is 28.8. The maximum absolute atomic E-state index is 13.1. The Kier molecular flexibility index (Phi) is 8.52. The van der Waals surface area contributed by atoms with Crippen LogP contribution in [0.2, 0.25) is 5.15 Å². The monoisotopic (exact) mass is 574 g/mol. The Hall–Kier alpha value is -4.80. The lowest BCUT2D eigenvalue weighted by molar-refractivity contribution is -0.0639. The van der Waals surface area contributed by atoms with Crippen LogP contribution in [0.25, 0.3) is 0 Å². The molecule has 10 nitrogen and oxygen atoms in total. The van der Waals surface area contributed by atoms with Gasteiger partial charge in [0.25, 0.3) is 0 Å². The fourth-order valence-corrected chi connectivity index (χ4v) is 4.40. The maximum atomic E-state index is 13.1. The number of aromatic nitrogens is 2. The van der Waals surface area contributed by atoms with E-state index in [2.05, 4.69) is 4.98 Å². The van der Waals surface area contributed by atoms with E-state index in [9.17, 15) is 19.2 Å². The first kappa shape index (κ1) is 27.8. The van der Waals surface area contributed by atoms with Crippen molar-refractivity contribution in [1.82, 2.24) is 9.55 Å². The minimum atomic E-state index is -1.34. The van der Waals surface area contributed by atoms with Gasteiger partial charge in [-0.15, -0.1) is 0 Å². The fourth-order valence-electron chi connectivity index (χ4n) is 4.27. The van der Waals surface area contributed by atoms with Crippen molar-refractivity contribution in [1.29, 1.82) is 0 Å². The molecule has 41 heavy (non-hydrogen) atoms. The van der Waals surface area contributed by atoms with Crippen LogP contribution in [0.3, 0.4) is 0 Å². The lowest BCUT2D eigenvalue weighted by Gasteiger charge is -2.25. The molecule has 1 aromatic heterocycles. The molecule has 0 saturated carbocycles. The van der Waals surface area contributed by atoms with Crippen LogP contribution in [0.4, 0.5) is 0 Å². The van der Waals surface area contributed by atoms with Crippen LogP contribution in [-0.2, 0) is 18.9 Å². The molecule has 0 radical (unpaired) electrons. The van der Waals surface area contributed by atoms with Crippen molar-refractivity contribution in [3.05, 3.63) is 136 Å². The first-order chi connectivity index (χ1) is 19.9. The van der Waals surface area contributed by atoms with E-state index in [1.54, 1.807) is 91.0 Å². The highest BCUT2D eigenvalue weighted by atomic mass is 35.5. The summed E-state index contributed by atoms with van der Waals surface area (Å²) in [6.07, 6.45) is -3.73. The Morgan fingerprint density at radius 1 is 0.732 bits per heavy atom. The molecule has 0 bridgehead atoms. The van der Waals surface area contributed by atoms with E-state index >= 15 is 0 Å². The van der Waals surface area contributed by atoms with Gasteiger partial charge in [-0.25, -0.2) is 19.2 Å². The molecule has 4 atom stereocenters. The molecule has 208 valence electrons. The molecule has 2 heterocycles. The summed E-state index contributed by atoms with van der Waals surface area (Å²) in [7, 11) is 0. The molecule has 1 aliphatic rings. The first-order valence-electron chi connectivity index (χ1n) is 12.5. The molecule has 3 aromatic carbocycles. The highest BCUT2D eigenvalue weighted by Crippen LogP contribution is 2.35. The summed E-state index contributed by atoms with van der Waals surface area (Å²) in [4.78, 5) is 55.5. The second kappa shape index (κ2) is 12.6. The largest absolute Gasteiger partial charge is 0.459 e. The zero-order valence-electron chi connectivity index (χ0n) is 21.4. The molecule has 5 rings (SSSR count). The molecule has 0 N–H and O–H groups in total. The average molecular weight is 575 g/mol. The van der Waals surface area contributed by atoms with Gasteiger partial charge in [0, 0.05) is 6.20 Å². The lowest BCUT2D eigenvalue weighted by atomic mass is 10.1. The van der Waals surface area contributed by atoms with E-state index in [1.165, 1.54) is 12.3 Å². The number of hydrogen-bond acceptors (Lipinski definition) is 9. The zero-order valence-corrected chi connectivity index (χ0v) is 22.1. The first-order valence-corrected chi connectivity index (χ1v) is 12.9. The van der Waals surface area contributed by atoms with Gasteiger partial charge in [-0.1, -0.05) is 66.2 Å². The maximum Gasteiger partial charge on any atom is 0.351 e. The Labute approximate surface area is 239 Å². The van der Waals surface area contributed by atoms with Crippen LogP contribution in [-0.4, -0.2) is 52.4 Å². The summed E-state index contributed by atoms with van der Waals surface area (Å²) in [5, 5.41) is -0.0533. The minimum Gasteiger partial charge on any atom is -0.459 e. The topological polar surface area (TPSA) is 123 Å². The van der Waals surface area contributed by atoms with E-state index in [0.717, 1.165) is 4.57 Å². The van der Waals surface area contributed by atoms with Crippen LogP contribution in [0, 0.1) is 0 Å². The summed E-state index contributed by atoms with van der Waals surface area (Å²) >= 11 is 5.88. The number of ether oxygens (including phenoxy) is 4. The number of carbonyl (C=O) groups excluding carboxylic acids is 3. The summed E-state index contributed by atoms with van der Waals surface area (Å²) in [6.45, 7) is -0.383. The van der Waals surface area contributed by atoms with Gasteiger partial charge < -0.3 is 18.9 Å². The quantitative estimate of drug-likeness (QED) is 0.174. The van der Waals surface area contributed by atoms with Crippen molar-refractivity contribution in [2.24, 2.45) is 0 Å². The molecule has 0 aliphatic carbocycles. The van der Waals surface area contributed by atoms with Crippen LogP contribution in [0.5, 0.6) is 0 Å². The molecule has 1 aliphatic heterocycles. The van der Waals surface area contributed by atoms with Crippen molar-refractivity contribution in [2.75, 3.05) is 6.61 Å². The summed E-state index contributed by atoms with van der Waals surface area (Å²) < 4.78 is 24.3. The summed E-state index contributed by atoms with van der Waals surface area (Å²) in [6, 6.07) is 26.0. The third-order valence-corrected chi connectivity index (χ3v) is 6.46. The van der Waals surface area contributed by atoms with E-state index in [0.29, 0.717) is 5.56 Å². The predicted octanol–water partition coefficient (Wildman–Crippen LogP) is 4.10. The van der Waals surface area contributed by atoms with E-state index in [4.69, 9.17) is 30.5 Å². The minimum absolute atomic E-state index is 0.0533. The smallest absolute Gasteiger partial charge is 0.351 e. The normalized spacial score (nSPS) is 19.7. The molecule has 0 spiro atoms. The van der Waals surface area contributed by atoms with E-state index in [-0.39, 0.29) is 22.9 Å². The van der Waals surface area contributed by atoms with Gasteiger partial charge in [0.1, 0.15) is 17.9 Å². The molecule has 0 amide bonds. The number of carbonyl (C=O) groups is 3. The number of benzene rings is 3. The van der Waals surface area contributed by atoms with Gasteiger partial charge in [-0.2, -0.15) is 4.98 Å². The van der Waals surface area contributed by atoms with Gasteiger partial charge in [-0.05, 0) is 42.5 Å². The molecule has 11 heteroatoms. The number of rotatable bonds is 8. The van der Waals surface area contributed by atoms with Crippen molar-refractivity contribution < 1.29 is 33.3 Å². The van der Waals surface area contributed by atoms with Gasteiger partial charge in [0.15, 0.2) is 18.4 Å². The molecule has 1 saturated heterocycles. The van der Waals surface area contributed by atoms with Crippen molar-refractivity contribution >= 4 is 29.5 Å². The number of hydrogen-bond donors (Lipinski definition) is 0. The van der Waals surface area contributed by atoms with Crippen molar-refractivity contribution in [3.8, 4) is 0 Å². The summed E-state index contributed by atoms with van der Waals surface area (Å²) in [5.41, 5.74) is -0.0438. The van der Waals surface area contributed by atoms with Crippen LogP contribution >= 0.6 is 11.6 Å². The van der Waals surface area contributed by atoms with Crippen molar-refractivity contribution in [2.45, 2.75) is 24.5 Å².